The maximum atomic E-state index is 12.5. The molecule has 0 fully saturated rings. The molecule has 0 saturated heterocycles. The Hall–Kier alpha value is -2.02. The highest BCUT2D eigenvalue weighted by Crippen LogP contribution is 2.22. The minimum absolute atomic E-state index is 0.222. The van der Waals surface area contributed by atoms with E-state index in [9.17, 15) is 9.18 Å². The summed E-state index contributed by atoms with van der Waals surface area (Å²) in [5, 5.41) is 4.84. The summed E-state index contributed by atoms with van der Waals surface area (Å²) < 4.78 is 13.6. The van der Waals surface area contributed by atoms with Crippen molar-refractivity contribution in [3.05, 3.63) is 75.1 Å². The molecule has 134 valence electrons. The predicted molar refractivity (Wildman–Crippen MR) is 111 cm³/mol. The van der Waals surface area contributed by atoms with Crippen LogP contribution in [0.5, 0.6) is 0 Å². The Morgan fingerprint density at radius 1 is 1.19 bits per heavy atom. The molecular formula is C21H20FIN2O. The van der Waals surface area contributed by atoms with Gasteiger partial charge in [-0.15, -0.1) is 0 Å². The van der Waals surface area contributed by atoms with Gasteiger partial charge < -0.3 is 5.32 Å². The Morgan fingerprint density at radius 3 is 2.77 bits per heavy atom. The lowest BCUT2D eigenvalue weighted by Gasteiger charge is -2.14. The maximum Gasteiger partial charge on any atom is 0.270 e. The first-order valence-electron chi connectivity index (χ1n) is 8.57. The molecule has 1 unspecified atom stereocenters. The first-order chi connectivity index (χ1) is 12.6. The van der Waals surface area contributed by atoms with Crippen molar-refractivity contribution in [2.45, 2.75) is 25.8 Å². The Bertz CT molecular complexity index is 929. The fourth-order valence-electron chi connectivity index (χ4n) is 2.90. The van der Waals surface area contributed by atoms with E-state index in [1.807, 2.05) is 36.4 Å². The molecule has 3 rings (SSSR count). The van der Waals surface area contributed by atoms with Crippen molar-refractivity contribution in [2.75, 3.05) is 6.67 Å². The number of nitrogens with one attached hydrogen (secondary N) is 1. The van der Waals surface area contributed by atoms with Gasteiger partial charge in [0.2, 0.25) is 0 Å². The molecule has 1 amide bonds. The number of hydrogen-bond donors (Lipinski definition) is 1. The molecule has 0 aliphatic carbocycles. The molecule has 1 N–H and O–H groups in total. The Morgan fingerprint density at radius 2 is 2.00 bits per heavy atom. The summed E-state index contributed by atoms with van der Waals surface area (Å²) in [6.07, 6.45) is 0.952. The van der Waals surface area contributed by atoms with E-state index in [0.717, 1.165) is 22.0 Å². The standard InChI is InChI=1S/C21H20FIN2O/c1-14(9-10-22)24-21(26)20-13-16-6-2-3-8-18(16)19(25-20)12-15-5-4-7-17(23)11-15/h2-8,11,13-14H,9-10,12H2,1H3,(H,24,26). The van der Waals surface area contributed by atoms with Crippen molar-refractivity contribution >= 4 is 39.3 Å². The molecule has 5 heteroatoms. The topological polar surface area (TPSA) is 42.0 Å². The number of rotatable bonds is 6. The van der Waals surface area contributed by atoms with E-state index in [2.05, 4.69) is 45.0 Å². The van der Waals surface area contributed by atoms with E-state index in [1.54, 1.807) is 13.0 Å². The lowest BCUT2D eigenvalue weighted by Crippen LogP contribution is -2.33. The number of carbonyl (C=O) groups is 1. The quantitative estimate of drug-likeness (QED) is 0.530. The number of nitrogens with zero attached hydrogens (tertiary/aromatic N) is 1. The maximum absolute atomic E-state index is 12.5. The normalized spacial score (nSPS) is 12.1. The number of aromatic nitrogens is 1. The van der Waals surface area contributed by atoms with Gasteiger partial charge >= 0.3 is 0 Å². The molecule has 26 heavy (non-hydrogen) atoms. The molecule has 1 heterocycles. The fraction of sp³-hybridized carbons (Fsp3) is 0.238. The third-order valence-corrected chi connectivity index (χ3v) is 4.90. The van der Waals surface area contributed by atoms with Crippen molar-refractivity contribution in [3.8, 4) is 0 Å². The highest BCUT2D eigenvalue weighted by atomic mass is 127. The van der Waals surface area contributed by atoms with Gasteiger partial charge in [-0.2, -0.15) is 0 Å². The van der Waals surface area contributed by atoms with Crippen LogP contribution >= 0.6 is 22.6 Å². The average Bonchev–Trinajstić information content (AvgIpc) is 2.62. The number of pyridine rings is 1. The van der Waals surface area contributed by atoms with Crippen LogP contribution in [0.3, 0.4) is 0 Å². The van der Waals surface area contributed by atoms with Crippen LogP contribution in [0.15, 0.2) is 54.6 Å². The van der Waals surface area contributed by atoms with Gasteiger partial charge in [0.15, 0.2) is 0 Å². The Kier molecular flexibility index (Phi) is 6.19. The van der Waals surface area contributed by atoms with E-state index in [-0.39, 0.29) is 11.9 Å². The highest BCUT2D eigenvalue weighted by molar-refractivity contribution is 14.1. The monoisotopic (exact) mass is 462 g/mol. The van der Waals surface area contributed by atoms with Gasteiger partial charge in [-0.25, -0.2) is 4.98 Å². The fourth-order valence-corrected chi connectivity index (χ4v) is 3.50. The number of benzene rings is 2. The number of amides is 1. The van der Waals surface area contributed by atoms with E-state index in [4.69, 9.17) is 0 Å². The minimum Gasteiger partial charge on any atom is -0.348 e. The summed E-state index contributed by atoms with van der Waals surface area (Å²) in [4.78, 5) is 17.2. The number of hydrogen-bond acceptors (Lipinski definition) is 2. The van der Waals surface area contributed by atoms with Gasteiger partial charge in [0.1, 0.15) is 5.69 Å². The van der Waals surface area contributed by atoms with Crippen LogP contribution in [-0.4, -0.2) is 23.6 Å². The van der Waals surface area contributed by atoms with E-state index >= 15 is 0 Å². The van der Waals surface area contributed by atoms with Gasteiger partial charge in [0.05, 0.1) is 12.4 Å². The van der Waals surface area contributed by atoms with Crippen LogP contribution in [0.2, 0.25) is 0 Å². The molecule has 0 bridgehead atoms. The summed E-state index contributed by atoms with van der Waals surface area (Å²) in [6.45, 7) is 1.34. The lowest BCUT2D eigenvalue weighted by molar-refractivity contribution is 0.0932. The number of alkyl halides is 1. The molecular weight excluding hydrogens is 442 g/mol. The molecule has 0 aliphatic heterocycles. The number of carbonyl (C=O) groups excluding carboxylic acids is 1. The summed E-state index contributed by atoms with van der Waals surface area (Å²) >= 11 is 2.29. The van der Waals surface area contributed by atoms with Gasteiger partial charge in [-0.3, -0.25) is 9.18 Å². The first kappa shape index (κ1) is 18.8. The zero-order valence-electron chi connectivity index (χ0n) is 14.5. The van der Waals surface area contributed by atoms with Crippen LogP contribution in [0, 0.1) is 3.57 Å². The second-order valence-electron chi connectivity index (χ2n) is 6.33. The highest BCUT2D eigenvalue weighted by Gasteiger charge is 2.14. The molecule has 2 aromatic carbocycles. The molecule has 0 radical (unpaired) electrons. The lowest BCUT2D eigenvalue weighted by atomic mass is 10.0. The van der Waals surface area contributed by atoms with Gasteiger partial charge in [0.25, 0.3) is 5.91 Å². The molecule has 0 aliphatic rings. The summed E-state index contributed by atoms with van der Waals surface area (Å²) in [7, 11) is 0. The molecule has 3 nitrogen and oxygen atoms in total. The van der Waals surface area contributed by atoms with Gasteiger partial charge in [-0.05, 0) is 65.1 Å². The summed E-state index contributed by atoms with van der Waals surface area (Å²) in [5.41, 5.74) is 2.39. The average molecular weight is 462 g/mol. The molecule has 0 saturated carbocycles. The van der Waals surface area contributed by atoms with Crippen LogP contribution in [-0.2, 0) is 6.42 Å². The first-order valence-corrected chi connectivity index (χ1v) is 9.64. The van der Waals surface area contributed by atoms with E-state index < -0.39 is 6.67 Å². The van der Waals surface area contributed by atoms with Crippen LogP contribution in [0.4, 0.5) is 4.39 Å². The largest absolute Gasteiger partial charge is 0.348 e. The van der Waals surface area contributed by atoms with Crippen molar-refractivity contribution in [2.24, 2.45) is 0 Å². The van der Waals surface area contributed by atoms with E-state index in [0.29, 0.717) is 18.5 Å². The van der Waals surface area contributed by atoms with Gasteiger partial charge in [0, 0.05) is 21.4 Å². The number of halogens is 2. The van der Waals surface area contributed by atoms with Crippen LogP contribution in [0.1, 0.15) is 35.1 Å². The second-order valence-corrected chi connectivity index (χ2v) is 7.58. The summed E-state index contributed by atoms with van der Waals surface area (Å²) in [6, 6.07) is 17.8. The molecule has 3 aromatic rings. The van der Waals surface area contributed by atoms with Crippen molar-refractivity contribution in [1.82, 2.24) is 10.3 Å². The zero-order chi connectivity index (χ0) is 18.5. The zero-order valence-corrected chi connectivity index (χ0v) is 16.7. The van der Waals surface area contributed by atoms with Crippen molar-refractivity contribution < 1.29 is 9.18 Å². The van der Waals surface area contributed by atoms with Gasteiger partial charge in [-0.1, -0.05) is 36.4 Å². The summed E-state index contributed by atoms with van der Waals surface area (Å²) in [5.74, 6) is -0.263. The second kappa shape index (κ2) is 8.58. The third kappa shape index (κ3) is 4.58. The predicted octanol–water partition coefficient (Wildman–Crippen LogP) is 4.91. The Balaban J connectivity index is 1.97. The molecule has 0 spiro atoms. The molecule has 1 aromatic heterocycles. The SMILES string of the molecule is CC(CCF)NC(=O)c1cc2ccccc2c(Cc2cccc(I)c2)n1. The minimum atomic E-state index is -0.454. The van der Waals surface area contributed by atoms with Crippen molar-refractivity contribution in [3.63, 3.8) is 0 Å². The Labute approximate surface area is 166 Å². The molecule has 1 atom stereocenters. The van der Waals surface area contributed by atoms with Crippen LogP contribution < -0.4 is 5.32 Å². The smallest absolute Gasteiger partial charge is 0.270 e. The third-order valence-electron chi connectivity index (χ3n) is 4.23. The van der Waals surface area contributed by atoms with Crippen molar-refractivity contribution in [1.29, 1.82) is 0 Å². The number of fused-ring (bicyclic) bond motifs is 1. The van der Waals surface area contributed by atoms with Crippen LogP contribution in [0.25, 0.3) is 10.8 Å². The van der Waals surface area contributed by atoms with E-state index in [1.165, 1.54) is 3.57 Å².